The van der Waals surface area contributed by atoms with E-state index in [-0.39, 0.29) is 37.4 Å². The monoisotopic (exact) mass is 517 g/mol. The average Bonchev–Trinajstić information content (AvgIpc) is 3.43. The van der Waals surface area contributed by atoms with Gasteiger partial charge in [-0.15, -0.1) is 0 Å². The van der Waals surface area contributed by atoms with Crippen LogP contribution in [0.15, 0.2) is 73.1 Å². The molecule has 0 spiro atoms. The van der Waals surface area contributed by atoms with E-state index in [0.29, 0.717) is 18.5 Å². The number of ether oxygens (including phenoxy) is 2. The lowest BCUT2D eigenvalue weighted by atomic mass is 9.99. The summed E-state index contributed by atoms with van der Waals surface area (Å²) < 4.78 is 12.9. The minimum absolute atomic E-state index is 0.00666. The van der Waals surface area contributed by atoms with Crippen molar-refractivity contribution < 1.29 is 24.5 Å². The molecule has 3 aromatic rings. The molecule has 38 heavy (non-hydrogen) atoms. The fourth-order valence-corrected chi connectivity index (χ4v) is 5.21. The van der Waals surface area contributed by atoms with Gasteiger partial charge in [-0.2, -0.15) is 0 Å². The largest absolute Gasteiger partial charge is 0.395 e. The van der Waals surface area contributed by atoms with E-state index < -0.39 is 6.29 Å². The Bertz CT molecular complexity index is 1170. The van der Waals surface area contributed by atoms with E-state index in [9.17, 15) is 15.0 Å². The molecule has 3 N–H and O–H groups in total. The quantitative estimate of drug-likeness (QED) is 0.399. The minimum atomic E-state index is -0.537. The van der Waals surface area contributed by atoms with Gasteiger partial charge in [0.25, 0.3) is 5.91 Å². The molecule has 0 radical (unpaired) electrons. The van der Waals surface area contributed by atoms with Crippen molar-refractivity contribution >= 4 is 5.91 Å². The van der Waals surface area contributed by atoms with Gasteiger partial charge in [-0.25, -0.2) is 0 Å². The number of hydrogen-bond donors (Lipinski definition) is 3. The van der Waals surface area contributed by atoms with Crippen LogP contribution in [0.2, 0.25) is 0 Å². The van der Waals surface area contributed by atoms with Crippen LogP contribution < -0.4 is 5.32 Å². The Morgan fingerprint density at radius 3 is 2.47 bits per heavy atom. The molecule has 2 fully saturated rings. The molecular formula is C30H35N3O5. The Morgan fingerprint density at radius 2 is 1.76 bits per heavy atom. The highest BCUT2D eigenvalue weighted by molar-refractivity contribution is 5.93. The molecule has 4 atom stereocenters. The van der Waals surface area contributed by atoms with Crippen LogP contribution in [0.25, 0.3) is 0 Å². The van der Waals surface area contributed by atoms with Crippen LogP contribution in [0.3, 0.4) is 0 Å². The minimum Gasteiger partial charge on any atom is -0.395 e. The number of nitrogens with zero attached hydrogens (tertiary/aromatic N) is 2. The van der Waals surface area contributed by atoms with Crippen molar-refractivity contribution in [3.05, 3.63) is 101 Å². The molecule has 1 amide bonds. The summed E-state index contributed by atoms with van der Waals surface area (Å²) in [7, 11) is 0. The molecule has 2 aliphatic rings. The lowest BCUT2D eigenvalue weighted by Gasteiger charge is -2.38. The smallest absolute Gasteiger partial charge is 0.253 e. The summed E-state index contributed by atoms with van der Waals surface area (Å²) in [4.78, 5) is 18.7. The zero-order valence-electron chi connectivity index (χ0n) is 21.4. The van der Waals surface area contributed by atoms with Crippen LogP contribution in [0.5, 0.6) is 0 Å². The molecule has 8 heteroatoms. The van der Waals surface area contributed by atoms with Crippen LogP contribution in [-0.2, 0) is 22.6 Å². The number of amides is 1. The van der Waals surface area contributed by atoms with Crippen molar-refractivity contribution in [1.82, 2.24) is 15.2 Å². The van der Waals surface area contributed by atoms with E-state index in [1.807, 2.05) is 48.5 Å². The van der Waals surface area contributed by atoms with Gasteiger partial charge >= 0.3 is 0 Å². The molecule has 1 aromatic heterocycles. The zero-order chi connectivity index (χ0) is 26.3. The van der Waals surface area contributed by atoms with Gasteiger partial charge in [0.05, 0.1) is 31.0 Å². The van der Waals surface area contributed by atoms with E-state index in [0.717, 1.165) is 48.2 Å². The van der Waals surface area contributed by atoms with Gasteiger partial charge in [-0.3, -0.25) is 14.7 Å². The van der Waals surface area contributed by atoms with Crippen LogP contribution >= 0.6 is 0 Å². The first-order valence-electron chi connectivity index (χ1n) is 13.3. The zero-order valence-corrected chi connectivity index (χ0v) is 21.4. The van der Waals surface area contributed by atoms with Crippen LogP contribution in [0.1, 0.15) is 64.3 Å². The summed E-state index contributed by atoms with van der Waals surface area (Å²) in [6.45, 7) is 2.28. The molecule has 0 aliphatic carbocycles. The van der Waals surface area contributed by atoms with Gasteiger partial charge in [0.1, 0.15) is 0 Å². The van der Waals surface area contributed by atoms with E-state index >= 15 is 0 Å². The topological polar surface area (TPSA) is 104 Å². The van der Waals surface area contributed by atoms with Gasteiger partial charge in [0.15, 0.2) is 6.29 Å². The summed E-state index contributed by atoms with van der Waals surface area (Å²) in [6.07, 6.45) is 5.25. The van der Waals surface area contributed by atoms with Gasteiger partial charge in [-0.05, 0) is 48.2 Å². The number of aliphatic hydroxyl groups excluding tert-OH is 2. The third-order valence-electron chi connectivity index (χ3n) is 7.39. The number of rotatable bonds is 9. The fourth-order valence-electron chi connectivity index (χ4n) is 5.21. The van der Waals surface area contributed by atoms with Crippen molar-refractivity contribution in [2.24, 2.45) is 0 Å². The highest BCUT2D eigenvalue weighted by Crippen LogP contribution is 2.38. The number of carbonyl (C=O) groups excluding carboxylic acids is 1. The van der Waals surface area contributed by atoms with Gasteiger partial charge in [0.2, 0.25) is 0 Å². The Morgan fingerprint density at radius 1 is 1.00 bits per heavy atom. The number of carbonyl (C=O) groups is 1. The highest BCUT2D eigenvalue weighted by Gasteiger charge is 2.35. The summed E-state index contributed by atoms with van der Waals surface area (Å²) in [5, 5.41) is 22.1. The number of pyridine rings is 1. The van der Waals surface area contributed by atoms with Gasteiger partial charge < -0.3 is 25.0 Å². The predicted octanol–water partition coefficient (Wildman–Crippen LogP) is 3.51. The van der Waals surface area contributed by atoms with Crippen molar-refractivity contribution in [2.75, 3.05) is 19.7 Å². The molecule has 0 saturated carbocycles. The van der Waals surface area contributed by atoms with Gasteiger partial charge in [-0.1, -0.05) is 48.5 Å². The second-order valence-electron chi connectivity index (χ2n) is 9.99. The number of benzene rings is 2. The fraction of sp³-hybridized carbons (Fsp3) is 0.400. The SMILES string of the molecule is O=C(NCc1ccc(C2OC(CN3CCCC3CO)CC(c3ccc(CO)cc3)O2)cc1)c1cccnc1. The maximum absolute atomic E-state index is 12.3. The molecule has 2 aliphatic heterocycles. The molecule has 8 nitrogen and oxygen atoms in total. The second-order valence-corrected chi connectivity index (χ2v) is 9.99. The summed E-state index contributed by atoms with van der Waals surface area (Å²) in [5.41, 5.74) is 4.32. The molecule has 4 unspecified atom stereocenters. The average molecular weight is 518 g/mol. The number of aliphatic hydroxyl groups is 2. The number of nitrogens with one attached hydrogen (secondary N) is 1. The van der Waals surface area contributed by atoms with E-state index in [1.165, 1.54) is 0 Å². The van der Waals surface area contributed by atoms with Gasteiger partial charge in [0, 0.05) is 43.5 Å². The highest BCUT2D eigenvalue weighted by atomic mass is 16.7. The molecule has 2 saturated heterocycles. The maximum atomic E-state index is 12.3. The molecule has 0 bridgehead atoms. The van der Waals surface area contributed by atoms with Crippen LogP contribution in [-0.4, -0.2) is 57.8 Å². The Labute approximate surface area is 223 Å². The first kappa shape index (κ1) is 26.5. The molecule has 5 rings (SSSR count). The predicted molar refractivity (Wildman–Crippen MR) is 142 cm³/mol. The molecule has 200 valence electrons. The van der Waals surface area contributed by atoms with E-state index in [4.69, 9.17) is 9.47 Å². The summed E-state index contributed by atoms with van der Waals surface area (Å²) in [5.74, 6) is -0.165. The molecular weight excluding hydrogens is 482 g/mol. The maximum Gasteiger partial charge on any atom is 0.253 e. The van der Waals surface area contributed by atoms with Crippen molar-refractivity contribution in [1.29, 1.82) is 0 Å². The lowest BCUT2D eigenvalue weighted by molar-refractivity contribution is -0.253. The molecule has 3 heterocycles. The first-order chi connectivity index (χ1) is 18.6. The van der Waals surface area contributed by atoms with Crippen LogP contribution in [0.4, 0.5) is 0 Å². The van der Waals surface area contributed by atoms with E-state index in [2.05, 4.69) is 15.2 Å². The van der Waals surface area contributed by atoms with Crippen molar-refractivity contribution in [3.63, 3.8) is 0 Å². The third-order valence-corrected chi connectivity index (χ3v) is 7.39. The summed E-state index contributed by atoms with van der Waals surface area (Å²) in [6, 6.07) is 19.4. The standard InChI is InChI=1S/C30H35N3O5/c34-19-22-7-9-23(10-8-22)28-15-27(18-33-14-2-4-26(33)20-35)37-30(38-28)24-11-5-21(6-12-24)16-32-29(36)25-3-1-13-31-17-25/h1,3,5-13,17,26-28,30,34-35H,2,4,14-16,18-20H2,(H,32,36). The van der Waals surface area contributed by atoms with E-state index in [1.54, 1.807) is 24.5 Å². The number of likely N-dealkylation sites (tertiary alicyclic amines) is 1. The third kappa shape index (κ3) is 6.46. The lowest BCUT2D eigenvalue weighted by Crippen LogP contribution is -2.42. The normalized spacial score (nSPS) is 23.8. The molecule has 2 aromatic carbocycles. The van der Waals surface area contributed by atoms with Crippen molar-refractivity contribution in [2.45, 2.75) is 57.0 Å². The first-order valence-corrected chi connectivity index (χ1v) is 13.3. The van der Waals surface area contributed by atoms with Crippen molar-refractivity contribution in [3.8, 4) is 0 Å². The Hall–Kier alpha value is -3.14. The Kier molecular flexibility index (Phi) is 8.78. The Balaban J connectivity index is 1.28. The number of hydrogen-bond acceptors (Lipinski definition) is 7. The number of aromatic nitrogens is 1. The second kappa shape index (κ2) is 12.6. The summed E-state index contributed by atoms with van der Waals surface area (Å²) >= 11 is 0. The van der Waals surface area contributed by atoms with Crippen LogP contribution in [0, 0.1) is 0 Å².